The Hall–Kier alpha value is 0.250. The van der Waals surface area contributed by atoms with E-state index in [1.54, 1.807) is 0 Å². The second-order valence-corrected chi connectivity index (χ2v) is 12.0. The van der Waals surface area contributed by atoms with E-state index >= 15 is 0 Å². The van der Waals surface area contributed by atoms with E-state index in [-0.39, 0.29) is 18.6 Å². The Kier molecular flexibility index (Phi) is 45.9. The molecule has 0 aliphatic carbocycles. The first-order valence-corrected chi connectivity index (χ1v) is 17.4. The maximum Gasteiger partial charge on any atom is -0.0533 e. The van der Waals surface area contributed by atoms with Gasteiger partial charge in [0, 0.05) is 0 Å². The molecule has 0 fully saturated rings. The van der Waals surface area contributed by atoms with E-state index in [1.807, 2.05) is 0 Å². The van der Waals surface area contributed by atoms with Crippen molar-refractivity contribution in [3.63, 3.8) is 0 Å². The zero-order chi connectivity index (χ0) is 25.3. The van der Waals surface area contributed by atoms with Crippen LogP contribution in [0.4, 0.5) is 0 Å². The Balaban J connectivity index is -0.00000578. The third-order valence-corrected chi connectivity index (χ3v) is 8.21. The summed E-state index contributed by atoms with van der Waals surface area (Å²) < 4.78 is 0. The van der Waals surface area contributed by atoms with Crippen LogP contribution in [-0.4, -0.2) is 0 Å². The minimum atomic E-state index is 0. The van der Waals surface area contributed by atoms with Gasteiger partial charge in [0.15, 0.2) is 0 Å². The van der Waals surface area contributed by atoms with E-state index in [0.29, 0.717) is 0 Å². The number of hydrogen-bond donors (Lipinski definition) is 1. The Morgan fingerprint density at radius 1 is 0.189 bits per heavy atom. The first kappa shape index (κ1) is 41.7. The molecule has 0 aliphatic heterocycles. The van der Waals surface area contributed by atoms with Gasteiger partial charge in [-0.3, -0.25) is 0 Å². The zero-order valence-corrected chi connectivity index (χ0v) is 27.3. The quantitative estimate of drug-likeness (QED) is 0.0837. The fourth-order valence-corrected chi connectivity index (χ4v) is 5.63. The van der Waals surface area contributed by atoms with Crippen LogP contribution in [0, 0.1) is 0 Å². The van der Waals surface area contributed by atoms with Crippen LogP contribution in [0.1, 0.15) is 226 Å². The molecule has 0 saturated carbocycles. The van der Waals surface area contributed by atoms with Gasteiger partial charge < -0.3 is 6.15 Å². The Bertz CT molecular complexity index is 314. The zero-order valence-electron chi connectivity index (χ0n) is 26.4. The average molecular weight is 546 g/mol. The molecule has 3 N–H and O–H groups in total. The van der Waals surface area contributed by atoms with Crippen molar-refractivity contribution in [2.24, 2.45) is 0 Å². The predicted molar refractivity (Wildman–Crippen MR) is 176 cm³/mol. The van der Waals surface area contributed by atoms with Gasteiger partial charge >= 0.3 is 0 Å². The SMILES string of the molecule is CCCCCCCCCCCCCCCCCCCCCCCCCCCCCCCCCCC.Cl.N. The highest BCUT2D eigenvalue weighted by Gasteiger charge is 1.97. The average Bonchev–Trinajstić information content (AvgIpc) is 2.87. The normalized spacial score (nSPS) is 10.9. The lowest BCUT2D eigenvalue weighted by atomic mass is 10.0. The minimum Gasteiger partial charge on any atom is -0.344 e. The molecule has 0 unspecified atom stereocenters. The lowest BCUT2D eigenvalue weighted by molar-refractivity contribution is 0.512. The van der Waals surface area contributed by atoms with E-state index in [9.17, 15) is 0 Å². The maximum atomic E-state index is 2.31. The summed E-state index contributed by atoms with van der Waals surface area (Å²) in [7, 11) is 0. The minimum absolute atomic E-state index is 0. The van der Waals surface area contributed by atoms with E-state index in [2.05, 4.69) is 13.8 Å². The van der Waals surface area contributed by atoms with Gasteiger partial charge in [-0.2, -0.15) is 0 Å². The van der Waals surface area contributed by atoms with Crippen molar-refractivity contribution in [3.05, 3.63) is 0 Å². The van der Waals surface area contributed by atoms with Crippen molar-refractivity contribution < 1.29 is 0 Å². The Morgan fingerprint density at radius 3 is 0.351 bits per heavy atom. The summed E-state index contributed by atoms with van der Waals surface area (Å²) in [6, 6.07) is 0. The number of rotatable bonds is 32. The molecule has 0 aliphatic rings. The van der Waals surface area contributed by atoms with Crippen LogP contribution < -0.4 is 6.15 Å². The van der Waals surface area contributed by atoms with Crippen LogP contribution in [0.3, 0.4) is 0 Å². The number of halogens is 1. The van der Waals surface area contributed by atoms with Crippen molar-refractivity contribution in [1.29, 1.82) is 0 Å². The highest BCUT2D eigenvalue weighted by Crippen LogP contribution is 2.16. The Labute approximate surface area is 243 Å². The molecule has 0 aromatic rings. The summed E-state index contributed by atoms with van der Waals surface area (Å²) in [4.78, 5) is 0. The van der Waals surface area contributed by atoms with Crippen molar-refractivity contribution >= 4 is 12.4 Å². The predicted octanol–water partition coefficient (Wildman–Crippen LogP) is 14.5. The Morgan fingerprint density at radius 2 is 0.270 bits per heavy atom. The van der Waals surface area contributed by atoms with Crippen molar-refractivity contribution in [2.45, 2.75) is 226 Å². The third kappa shape index (κ3) is 40.9. The number of unbranched alkanes of at least 4 members (excludes halogenated alkanes) is 32. The van der Waals surface area contributed by atoms with Gasteiger partial charge in [0.1, 0.15) is 0 Å². The summed E-state index contributed by atoms with van der Waals surface area (Å²) in [5.41, 5.74) is 0. The molecule has 0 spiro atoms. The molecule has 0 aromatic heterocycles. The lowest BCUT2D eigenvalue weighted by Gasteiger charge is -2.04. The molecule has 2 heteroatoms. The van der Waals surface area contributed by atoms with Crippen LogP contribution >= 0.6 is 12.4 Å². The molecule has 0 heterocycles. The summed E-state index contributed by atoms with van der Waals surface area (Å²) in [5, 5.41) is 0. The van der Waals surface area contributed by atoms with Gasteiger partial charge in [-0.25, -0.2) is 0 Å². The first-order chi connectivity index (χ1) is 17.4. The highest BCUT2D eigenvalue weighted by molar-refractivity contribution is 5.85. The van der Waals surface area contributed by atoms with Gasteiger partial charge in [-0.1, -0.05) is 226 Å². The second kappa shape index (κ2) is 40.7. The monoisotopic (exact) mass is 546 g/mol. The first-order valence-electron chi connectivity index (χ1n) is 17.4. The smallest absolute Gasteiger partial charge is 0.0533 e. The van der Waals surface area contributed by atoms with E-state index in [1.165, 1.54) is 212 Å². The van der Waals surface area contributed by atoms with Gasteiger partial charge in [-0.15, -0.1) is 12.4 Å². The van der Waals surface area contributed by atoms with Gasteiger partial charge in [0.05, 0.1) is 0 Å². The summed E-state index contributed by atoms with van der Waals surface area (Å²) in [5.74, 6) is 0. The summed E-state index contributed by atoms with van der Waals surface area (Å²) >= 11 is 0. The third-order valence-electron chi connectivity index (χ3n) is 8.21. The molecule has 0 amide bonds. The maximum absolute atomic E-state index is 2.31. The van der Waals surface area contributed by atoms with E-state index in [4.69, 9.17) is 0 Å². The fraction of sp³-hybridized carbons (Fsp3) is 1.00. The lowest BCUT2D eigenvalue weighted by Crippen LogP contribution is -1.85. The van der Waals surface area contributed by atoms with Crippen LogP contribution in [0.15, 0.2) is 0 Å². The molecule has 0 aromatic carbocycles. The van der Waals surface area contributed by atoms with Crippen LogP contribution in [0.2, 0.25) is 0 Å². The molecule has 0 saturated heterocycles. The van der Waals surface area contributed by atoms with Crippen LogP contribution in [0.5, 0.6) is 0 Å². The van der Waals surface area contributed by atoms with Gasteiger partial charge in [0.2, 0.25) is 0 Å². The molecule has 0 rings (SSSR count). The highest BCUT2D eigenvalue weighted by atomic mass is 35.5. The number of hydrogen-bond acceptors (Lipinski definition) is 1. The largest absolute Gasteiger partial charge is 0.344 e. The van der Waals surface area contributed by atoms with Gasteiger partial charge in [0.25, 0.3) is 0 Å². The molecular formula is C35H76ClN. The fourth-order valence-electron chi connectivity index (χ4n) is 5.63. The van der Waals surface area contributed by atoms with E-state index in [0.717, 1.165) is 0 Å². The van der Waals surface area contributed by atoms with Crippen molar-refractivity contribution in [2.75, 3.05) is 0 Å². The van der Waals surface area contributed by atoms with Crippen molar-refractivity contribution in [1.82, 2.24) is 6.15 Å². The molecule has 228 valence electrons. The van der Waals surface area contributed by atoms with Crippen LogP contribution in [-0.2, 0) is 0 Å². The molecule has 0 bridgehead atoms. The van der Waals surface area contributed by atoms with E-state index < -0.39 is 0 Å². The van der Waals surface area contributed by atoms with Gasteiger partial charge in [-0.05, 0) is 0 Å². The summed E-state index contributed by atoms with van der Waals surface area (Å²) in [6.07, 6.45) is 48.9. The molecule has 0 radical (unpaired) electrons. The second-order valence-electron chi connectivity index (χ2n) is 12.0. The molecule has 1 nitrogen and oxygen atoms in total. The molecule has 37 heavy (non-hydrogen) atoms. The summed E-state index contributed by atoms with van der Waals surface area (Å²) in [6.45, 7) is 4.62. The topological polar surface area (TPSA) is 35.0 Å². The standard InChI is InChI=1S/C35H72.ClH.H3N/c1-3-5-7-9-11-13-15-17-19-21-23-25-27-29-31-33-35-34-32-30-28-26-24-22-20-18-16-14-12-10-8-6-4-2;;/h3-35H2,1-2H3;1H;1H3. The molecular weight excluding hydrogens is 470 g/mol. The molecule has 0 atom stereocenters. The van der Waals surface area contributed by atoms with Crippen LogP contribution in [0.25, 0.3) is 0 Å². The van der Waals surface area contributed by atoms with Crippen molar-refractivity contribution in [3.8, 4) is 0 Å².